The van der Waals surface area contributed by atoms with Crippen molar-refractivity contribution in [1.29, 1.82) is 0 Å². The Morgan fingerprint density at radius 3 is 2.84 bits per heavy atom. The smallest absolute Gasteiger partial charge is 0.342 e. The topological polar surface area (TPSA) is 117 Å². The monoisotopic (exact) mass is 275 g/mol. The lowest BCUT2D eigenvalue weighted by molar-refractivity contribution is -0.144. The van der Waals surface area contributed by atoms with Crippen LogP contribution < -0.4 is 10.8 Å². The molecule has 3 N–H and O–H groups in total. The molecule has 108 valence electrons. The van der Waals surface area contributed by atoms with Crippen molar-refractivity contribution in [2.45, 2.75) is 13.0 Å². The van der Waals surface area contributed by atoms with Gasteiger partial charge in [0.2, 0.25) is 5.91 Å². The molecular formula is C10H17N3O6. The first kappa shape index (κ1) is 15.2. The highest BCUT2D eigenvalue weighted by molar-refractivity contribution is 5.87. The van der Waals surface area contributed by atoms with E-state index in [1.165, 1.54) is 4.90 Å². The molecule has 0 aromatic rings. The quantitative estimate of drug-likeness (QED) is 0.528. The Hall–Kier alpha value is -1.87. The molecular weight excluding hydrogens is 258 g/mol. The molecule has 1 saturated heterocycles. The number of morpholine rings is 1. The number of carbonyl (C=O) groups excluding carboxylic acids is 2. The third kappa shape index (κ3) is 4.72. The average Bonchev–Trinajstić information content (AvgIpc) is 2.38. The van der Waals surface area contributed by atoms with E-state index >= 15 is 0 Å². The summed E-state index contributed by atoms with van der Waals surface area (Å²) in [7, 11) is 0. The number of ether oxygens (including phenoxy) is 1. The normalized spacial score (nSPS) is 18.8. The second-order valence-corrected chi connectivity index (χ2v) is 3.77. The summed E-state index contributed by atoms with van der Waals surface area (Å²) in [5.41, 5.74) is 1.98. The minimum atomic E-state index is -1.21. The Labute approximate surface area is 109 Å². The Kier molecular flexibility index (Phi) is 6.03. The largest absolute Gasteiger partial charge is 0.479 e. The van der Waals surface area contributed by atoms with Gasteiger partial charge in [-0.3, -0.25) is 9.63 Å². The lowest BCUT2D eigenvalue weighted by atomic mass is 10.2. The number of amides is 3. The van der Waals surface area contributed by atoms with Gasteiger partial charge in [0, 0.05) is 13.1 Å². The number of hydrogen-bond donors (Lipinski definition) is 3. The van der Waals surface area contributed by atoms with Crippen LogP contribution in [0.25, 0.3) is 0 Å². The van der Waals surface area contributed by atoms with Crippen LogP contribution in [0.1, 0.15) is 6.92 Å². The number of likely N-dealkylation sites (N-methyl/N-ethyl adjacent to an activating group) is 1. The highest BCUT2D eigenvalue weighted by atomic mass is 16.7. The number of carbonyl (C=O) groups is 3. The molecule has 1 aliphatic heterocycles. The zero-order valence-electron chi connectivity index (χ0n) is 10.5. The number of hydroxylamine groups is 1. The number of hydrogen-bond acceptors (Lipinski definition) is 5. The van der Waals surface area contributed by atoms with Gasteiger partial charge in [0.25, 0.3) is 0 Å². The molecule has 1 unspecified atom stereocenters. The highest BCUT2D eigenvalue weighted by Crippen LogP contribution is 2.07. The second-order valence-electron chi connectivity index (χ2n) is 3.77. The van der Waals surface area contributed by atoms with Gasteiger partial charge in [0.1, 0.15) is 6.04 Å². The maximum atomic E-state index is 11.8. The summed E-state index contributed by atoms with van der Waals surface area (Å²) in [6.07, 6.45) is 0. The summed E-state index contributed by atoms with van der Waals surface area (Å²) in [6.45, 7) is 2.19. The number of rotatable bonds is 5. The predicted octanol–water partition coefficient (Wildman–Crippen LogP) is -1.45. The van der Waals surface area contributed by atoms with E-state index in [9.17, 15) is 14.4 Å². The van der Waals surface area contributed by atoms with Crippen LogP contribution in [-0.4, -0.2) is 66.9 Å². The summed E-state index contributed by atoms with van der Waals surface area (Å²) in [5.74, 6) is -1.53. The standard InChI is InChI=1S/C10H17N3O6/c1-2-11-9(16)7-5-18-4-3-13(7)10(17)12-19-6-8(14)15/h7H,2-6H2,1H3,(H,11,16)(H,12,17)(H,14,15). The van der Waals surface area contributed by atoms with Crippen LogP contribution in [0, 0.1) is 0 Å². The van der Waals surface area contributed by atoms with Crippen LogP contribution in [-0.2, 0) is 19.2 Å². The van der Waals surface area contributed by atoms with Crippen molar-refractivity contribution in [3.05, 3.63) is 0 Å². The predicted molar refractivity (Wildman–Crippen MR) is 62.1 cm³/mol. The fraction of sp³-hybridized carbons (Fsp3) is 0.700. The van der Waals surface area contributed by atoms with E-state index in [-0.39, 0.29) is 19.1 Å². The van der Waals surface area contributed by atoms with Crippen molar-refractivity contribution in [1.82, 2.24) is 15.7 Å². The van der Waals surface area contributed by atoms with Gasteiger partial charge in [0.05, 0.1) is 13.2 Å². The molecule has 19 heavy (non-hydrogen) atoms. The Morgan fingerprint density at radius 2 is 2.21 bits per heavy atom. The van der Waals surface area contributed by atoms with Crippen molar-refractivity contribution < 1.29 is 29.1 Å². The number of aliphatic carboxylic acids is 1. The number of carboxylic acid groups (broad SMARTS) is 1. The minimum absolute atomic E-state index is 0.0954. The minimum Gasteiger partial charge on any atom is -0.479 e. The highest BCUT2D eigenvalue weighted by Gasteiger charge is 2.32. The molecule has 0 aromatic carbocycles. The molecule has 0 spiro atoms. The van der Waals surface area contributed by atoms with Gasteiger partial charge in [-0.1, -0.05) is 0 Å². The van der Waals surface area contributed by atoms with E-state index in [0.717, 1.165) is 0 Å². The van der Waals surface area contributed by atoms with Gasteiger partial charge in [-0.05, 0) is 6.92 Å². The number of nitrogens with zero attached hydrogens (tertiary/aromatic N) is 1. The van der Waals surface area contributed by atoms with E-state index in [4.69, 9.17) is 9.84 Å². The maximum absolute atomic E-state index is 11.8. The van der Waals surface area contributed by atoms with Crippen LogP contribution in [0.2, 0.25) is 0 Å². The molecule has 0 bridgehead atoms. The van der Waals surface area contributed by atoms with Crippen molar-refractivity contribution >= 4 is 17.9 Å². The Balaban J connectivity index is 2.53. The second kappa shape index (κ2) is 7.54. The zero-order chi connectivity index (χ0) is 14.3. The van der Waals surface area contributed by atoms with Crippen molar-refractivity contribution in [3.8, 4) is 0 Å². The number of carboxylic acids is 1. The van der Waals surface area contributed by atoms with Gasteiger partial charge < -0.3 is 20.1 Å². The molecule has 9 heteroatoms. The van der Waals surface area contributed by atoms with Gasteiger partial charge in [0.15, 0.2) is 6.61 Å². The fourth-order valence-corrected chi connectivity index (χ4v) is 1.57. The zero-order valence-corrected chi connectivity index (χ0v) is 10.5. The molecule has 9 nitrogen and oxygen atoms in total. The summed E-state index contributed by atoms with van der Waals surface area (Å²) >= 11 is 0. The van der Waals surface area contributed by atoms with Crippen LogP contribution in [0.15, 0.2) is 0 Å². The fourth-order valence-electron chi connectivity index (χ4n) is 1.57. The third-order valence-electron chi connectivity index (χ3n) is 2.40. The lowest BCUT2D eigenvalue weighted by Crippen LogP contribution is -2.58. The molecule has 0 saturated carbocycles. The Bertz CT molecular complexity index is 348. The average molecular weight is 275 g/mol. The summed E-state index contributed by atoms with van der Waals surface area (Å²) in [6, 6.07) is -1.41. The third-order valence-corrected chi connectivity index (χ3v) is 2.40. The Morgan fingerprint density at radius 1 is 1.47 bits per heavy atom. The van der Waals surface area contributed by atoms with E-state index in [1.807, 2.05) is 5.48 Å². The molecule has 1 atom stereocenters. The van der Waals surface area contributed by atoms with Gasteiger partial charge in [-0.2, -0.15) is 0 Å². The molecule has 1 rings (SSSR count). The summed E-state index contributed by atoms with van der Waals surface area (Å²) in [5, 5.41) is 11.0. The molecule has 0 aromatic heterocycles. The first-order chi connectivity index (χ1) is 9.06. The van der Waals surface area contributed by atoms with E-state index in [0.29, 0.717) is 13.2 Å². The van der Waals surface area contributed by atoms with Crippen molar-refractivity contribution in [3.63, 3.8) is 0 Å². The number of urea groups is 1. The van der Waals surface area contributed by atoms with Gasteiger partial charge in [-0.25, -0.2) is 15.1 Å². The van der Waals surface area contributed by atoms with Crippen LogP contribution in [0.3, 0.4) is 0 Å². The lowest BCUT2D eigenvalue weighted by Gasteiger charge is -2.34. The first-order valence-corrected chi connectivity index (χ1v) is 5.82. The molecule has 0 aliphatic carbocycles. The molecule has 3 amide bonds. The molecule has 1 heterocycles. The molecule has 1 fully saturated rings. The van der Waals surface area contributed by atoms with E-state index in [2.05, 4.69) is 10.2 Å². The molecule has 0 radical (unpaired) electrons. The summed E-state index contributed by atoms with van der Waals surface area (Å²) in [4.78, 5) is 39.5. The van der Waals surface area contributed by atoms with Gasteiger partial charge >= 0.3 is 12.0 Å². The van der Waals surface area contributed by atoms with E-state index in [1.54, 1.807) is 6.92 Å². The van der Waals surface area contributed by atoms with Crippen molar-refractivity contribution in [2.75, 3.05) is 32.9 Å². The van der Waals surface area contributed by atoms with Crippen molar-refractivity contribution in [2.24, 2.45) is 0 Å². The summed E-state index contributed by atoms with van der Waals surface area (Å²) < 4.78 is 5.16. The van der Waals surface area contributed by atoms with Crippen LogP contribution in [0.4, 0.5) is 4.79 Å². The van der Waals surface area contributed by atoms with Crippen LogP contribution >= 0.6 is 0 Å². The van der Waals surface area contributed by atoms with E-state index < -0.39 is 24.6 Å². The number of nitrogens with one attached hydrogen (secondary N) is 2. The van der Waals surface area contributed by atoms with Gasteiger partial charge in [-0.15, -0.1) is 0 Å². The SMILES string of the molecule is CCNC(=O)C1COCCN1C(=O)NOCC(=O)O. The van der Waals surface area contributed by atoms with Crippen LogP contribution in [0.5, 0.6) is 0 Å². The molecule has 1 aliphatic rings. The first-order valence-electron chi connectivity index (χ1n) is 5.82. The maximum Gasteiger partial charge on any atom is 0.342 e.